The maximum Gasteiger partial charge on any atom is 0.328 e. The maximum atomic E-state index is 11.5. The second-order valence-electron chi connectivity index (χ2n) is 3.96. The molecule has 1 N–H and O–H groups in total. The zero-order chi connectivity index (χ0) is 13.7. The normalized spacial score (nSPS) is 10.7. The fraction of sp³-hybridized carbons (Fsp3) is 0.0714. The van der Waals surface area contributed by atoms with E-state index in [1.54, 1.807) is 12.1 Å². The second kappa shape index (κ2) is 5.77. The van der Waals surface area contributed by atoms with Gasteiger partial charge in [0.15, 0.2) is 0 Å². The third kappa shape index (κ3) is 3.64. The molecule has 0 aliphatic rings. The zero-order valence-electron chi connectivity index (χ0n) is 10.1. The molecular weight excluding hydrogens is 244 g/mol. The molecule has 0 spiro atoms. The van der Waals surface area contributed by atoms with Gasteiger partial charge >= 0.3 is 5.97 Å². The molecule has 0 saturated heterocycles. The number of carboxylic acid groups (broad SMARTS) is 1. The van der Waals surface area contributed by atoms with Crippen molar-refractivity contribution < 1.29 is 9.90 Å². The van der Waals surface area contributed by atoms with E-state index in [2.05, 4.69) is 4.98 Å². The summed E-state index contributed by atoms with van der Waals surface area (Å²) < 4.78 is 1.50. The molecule has 0 saturated carbocycles. The average molecular weight is 256 g/mol. The van der Waals surface area contributed by atoms with Crippen LogP contribution in [0.4, 0.5) is 0 Å². The first-order chi connectivity index (χ1) is 9.15. The molecule has 1 aromatic heterocycles. The van der Waals surface area contributed by atoms with Gasteiger partial charge in [-0.2, -0.15) is 0 Å². The van der Waals surface area contributed by atoms with Crippen LogP contribution < -0.4 is 5.56 Å². The number of carbonyl (C=O) groups is 1. The topological polar surface area (TPSA) is 72.2 Å². The first-order valence-corrected chi connectivity index (χ1v) is 5.65. The van der Waals surface area contributed by atoms with Crippen LogP contribution >= 0.6 is 0 Å². The Bertz CT molecular complexity index is 657. The lowest BCUT2D eigenvalue weighted by atomic mass is 10.1. The Hall–Kier alpha value is -2.69. The van der Waals surface area contributed by atoms with E-state index in [1.807, 2.05) is 12.1 Å². The van der Waals surface area contributed by atoms with Crippen LogP contribution in [0.15, 0.2) is 53.7 Å². The summed E-state index contributed by atoms with van der Waals surface area (Å²) in [5, 5.41) is 8.52. The van der Waals surface area contributed by atoms with Crippen LogP contribution in [0.1, 0.15) is 11.1 Å². The fourth-order valence-corrected chi connectivity index (χ4v) is 1.60. The minimum Gasteiger partial charge on any atom is -0.478 e. The van der Waals surface area contributed by atoms with Gasteiger partial charge in [0.2, 0.25) is 0 Å². The highest BCUT2D eigenvalue weighted by molar-refractivity contribution is 5.85. The Morgan fingerprint density at radius 2 is 2.00 bits per heavy atom. The van der Waals surface area contributed by atoms with Gasteiger partial charge in [-0.1, -0.05) is 24.3 Å². The number of aromatic nitrogens is 2. The summed E-state index contributed by atoms with van der Waals surface area (Å²) in [5.74, 6) is -0.981. The van der Waals surface area contributed by atoms with Crippen molar-refractivity contribution >= 4 is 12.0 Å². The summed E-state index contributed by atoms with van der Waals surface area (Å²) in [4.78, 5) is 25.8. The summed E-state index contributed by atoms with van der Waals surface area (Å²) in [6.07, 6.45) is 5.54. The first kappa shape index (κ1) is 12.8. The molecule has 2 aromatic rings. The average Bonchev–Trinajstić information content (AvgIpc) is 2.40. The van der Waals surface area contributed by atoms with Crippen LogP contribution in [0.2, 0.25) is 0 Å². The molecule has 0 amide bonds. The Morgan fingerprint density at radius 3 is 2.63 bits per heavy atom. The van der Waals surface area contributed by atoms with E-state index >= 15 is 0 Å². The van der Waals surface area contributed by atoms with E-state index in [9.17, 15) is 9.59 Å². The molecular formula is C14H12N2O3. The minimum absolute atomic E-state index is 0.107. The zero-order valence-corrected chi connectivity index (χ0v) is 10.1. The Labute approximate surface area is 109 Å². The Kier molecular flexibility index (Phi) is 3.87. The molecule has 0 fully saturated rings. The summed E-state index contributed by atoms with van der Waals surface area (Å²) >= 11 is 0. The van der Waals surface area contributed by atoms with E-state index in [-0.39, 0.29) is 5.56 Å². The Morgan fingerprint density at radius 1 is 1.26 bits per heavy atom. The van der Waals surface area contributed by atoms with Crippen LogP contribution in [0.5, 0.6) is 0 Å². The molecule has 0 radical (unpaired) electrons. The first-order valence-electron chi connectivity index (χ1n) is 5.65. The van der Waals surface area contributed by atoms with E-state index in [0.717, 1.165) is 17.2 Å². The molecule has 1 heterocycles. The lowest BCUT2D eigenvalue weighted by Crippen LogP contribution is -2.19. The highest BCUT2D eigenvalue weighted by Crippen LogP contribution is 2.07. The monoisotopic (exact) mass is 256 g/mol. The molecule has 0 bridgehead atoms. The molecule has 2 rings (SSSR count). The fourth-order valence-electron chi connectivity index (χ4n) is 1.60. The van der Waals surface area contributed by atoms with E-state index in [4.69, 9.17) is 5.11 Å². The third-order valence-electron chi connectivity index (χ3n) is 2.54. The highest BCUT2D eigenvalue weighted by Gasteiger charge is 1.97. The van der Waals surface area contributed by atoms with Gasteiger partial charge in [-0.3, -0.25) is 9.36 Å². The largest absolute Gasteiger partial charge is 0.478 e. The molecule has 96 valence electrons. The molecule has 0 aliphatic heterocycles. The van der Waals surface area contributed by atoms with E-state index in [0.29, 0.717) is 6.54 Å². The number of carboxylic acids is 1. The van der Waals surface area contributed by atoms with Crippen LogP contribution in [-0.2, 0) is 11.3 Å². The SMILES string of the molecule is O=C(O)C=Cc1ccc(Cn2cnccc2=O)cc1. The van der Waals surface area contributed by atoms with Crippen molar-refractivity contribution in [3.63, 3.8) is 0 Å². The van der Waals surface area contributed by atoms with Crippen molar-refractivity contribution in [3.8, 4) is 0 Å². The lowest BCUT2D eigenvalue weighted by Gasteiger charge is -2.04. The van der Waals surface area contributed by atoms with Crippen LogP contribution in [0.3, 0.4) is 0 Å². The molecule has 0 aliphatic carbocycles. The number of aliphatic carboxylic acids is 1. The standard InChI is InChI=1S/C14H12N2O3/c17-13-7-8-15-10-16(13)9-12-3-1-11(2-4-12)5-6-14(18)19/h1-8,10H,9H2,(H,18,19). The smallest absolute Gasteiger partial charge is 0.328 e. The van der Waals surface area contributed by atoms with Crippen molar-refractivity contribution in [2.24, 2.45) is 0 Å². The summed E-state index contributed by atoms with van der Waals surface area (Å²) in [6.45, 7) is 0.440. The van der Waals surface area contributed by atoms with Gasteiger partial charge in [0.1, 0.15) is 0 Å². The van der Waals surface area contributed by atoms with Crippen molar-refractivity contribution in [3.05, 3.63) is 70.4 Å². The predicted molar refractivity (Wildman–Crippen MR) is 70.7 cm³/mol. The third-order valence-corrected chi connectivity index (χ3v) is 2.54. The van der Waals surface area contributed by atoms with Gasteiger partial charge in [-0.05, 0) is 17.2 Å². The number of nitrogens with zero attached hydrogens (tertiary/aromatic N) is 2. The number of benzene rings is 1. The molecule has 0 unspecified atom stereocenters. The minimum atomic E-state index is -0.981. The van der Waals surface area contributed by atoms with E-state index in [1.165, 1.54) is 29.2 Å². The maximum absolute atomic E-state index is 11.5. The van der Waals surface area contributed by atoms with Crippen molar-refractivity contribution in [2.45, 2.75) is 6.54 Å². The number of hydrogen-bond donors (Lipinski definition) is 1. The molecule has 1 aromatic carbocycles. The van der Waals surface area contributed by atoms with Gasteiger partial charge < -0.3 is 5.11 Å². The Balaban J connectivity index is 2.13. The molecule has 19 heavy (non-hydrogen) atoms. The summed E-state index contributed by atoms with van der Waals surface area (Å²) in [5.41, 5.74) is 1.64. The quantitative estimate of drug-likeness (QED) is 0.839. The second-order valence-corrected chi connectivity index (χ2v) is 3.96. The highest BCUT2D eigenvalue weighted by atomic mass is 16.4. The van der Waals surface area contributed by atoms with E-state index < -0.39 is 5.97 Å². The van der Waals surface area contributed by atoms with Gasteiger partial charge in [0, 0.05) is 18.3 Å². The van der Waals surface area contributed by atoms with Crippen LogP contribution in [-0.4, -0.2) is 20.6 Å². The number of hydrogen-bond acceptors (Lipinski definition) is 3. The van der Waals surface area contributed by atoms with Crippen molar-refractivity contribution in [1.82, 2.24) is 9.55 Å². The lowest BCUT2D eigenvalue weighted by molar-refractivity contribution is -0.131. The van der Waals surface area contributed by atoms with Crippen molar-refractivity contribution in [2.75, 3.05) is 0 Å². The van der Waals surface area contributed by atoms with Gasteiger partial charge in [0.25, 0.3) is 5.56 Å². The molecule has 0 atom stereocenters. The van der Waals surface area contributed by atoms with Crippen LogP contribution in [0, 0.1) is 0 Å². The van der Waals surface area contributed by atoms with Crippen LogP contribution in [0.25, 0.3) is 6.08 Å². The number of rotatable bonds is 4. The summed E-state index contributed by atoms with van der Waals surface area (Å²) in [7, 11) is 0. The molecule has 5 nitrogen and oxygen atoms in total. The van der Waals surface area contributed by atoms with Gasteiger partial charge in [-0.15, -0.1) is 0 Å². The van der Waals surface area contributed by atoms with Gasteiger partial charge in [0.05, 0.1) is 12.9 Å². The van der Waals surface area contributed by atoms with Crippen molar-refractivity contribution in [1.29, 1.82) is 0 Å². The van der Waals surface area contributed by atoms with Gasteiger partial charge in [-0.25, -0.2) is 9.78 Å². The molecule has 5 heteroatoms. The summed E-state index contributed by atoms with van der Waals surface area (Å²) in [6, 6.07) is 8.71. The predicted octanol–water partition coefficient (Wildman–Crippen LogP) is 1.39.